The molecule has 2 nitrogen and oxygen atoms in total. The van der Waals surface area contributed by atoms with Gasteiger partial charge in [-0.3, -0.25) is 9.69 Å². The average Bonchev–Trinajstić information content (AvgIpc) is 2.64. The molecule has 18 heavy (non-hydrogen) atoms. The van der Waals surface area contributed by atoms with E-state index in [0.29, 0.717) is 23.4 Å². The number of ketones is 1. The number of hydrogen-bond donors (Lipinski definition) is 0. The second-order valence-corrected chi connectivity index (χ2v) is 6.29. The van der Waals surface area contributed by atoms with Gasteiger partial charge in [0.05, 0.1) is 0 Å². The minimum atomic E-state index is 0.400. The van der Waals surface area contributed by atoms with Gasteiger partial charge in [-0.1, -0.05) is 30.3 Å². The van der Waals surface area contributed by atoms with Gasteiger partial charge in [0.15, 0.2) is 0 Å². The van der Waals surface area contributed by atoms with Crippen LogP contribution in [0.2, 0.25) is 0 Å². The third kappa shape index (κ3) is 1.42. The second kappa shape index (κ2) is 3.67. The van der Waals surface area contributed by atoms with E-state index in [1.165, 1.54) is 31.2 Å². The Bertz CT molecular complexity index is 483. The topological polar surface area (TPSA) is 20.3 Å². The lowest BCUT2D eigenvalue weighted by atomic mass is 9.72. The fraction of sp³-hybridized carbons (Fsp3) is 0.562. The molecule has 94 valence electrons. The zero-order valence-electron chi connectivity index (χ0n) is 10.6. The van der Waals surface area contributed by atoms with E-state index in [2.05, 4.69) is 35.2 Å². The largest absolute Gasteiger partial charge is 0.300 e. The average molecular weight is 241 g/mol. The highest BCUT2D eigenvalue weighted by Gasteiger charge is 2.60. The fourth-order valence-electron chi connectivity index (χ4n) is 4.62. The molecule has 0 aliphatic carbocycles. The highest BCUT2D eigenvalue weighted by atomic mass is 16.1. The van der Waals surface area contributed by atoms with Crippen molar-refractivity contribution in [2.75, 3.05) is 0 Å². The van der Waals surface area contributed by atoms with Crippen LogP contribution in [0, 0.1) is 0 Å². The SMILES string of the molecule is O=C1CC2CCC3(Cc4ccccc4)CC(C1)N23. The summed E-state index contributed by atoms with van der Waals surface area (Å²) in [7, 11) is 0. The van der Waals surface area contributed by atoms with E-state index < -0.39 is 0 Å². The van der Waals surface area contributed by atoms with E-state index in [0.717, 1.165) is 12.8 Å². The number of carbonyl (C=O) groups excluding carboxylic acids is 1. The van der Waals surface area contributed by atoms with Crippen LogP contribution in [0.1, 0.15) is 37.7 Å². The molecule has 3 aliphatic rings. The van der Waals surface area contributed by atoms with Crippen molar-refractivity contribution in [3.8, 4) is 0 Å². The van der Waals surface area contributed by atoms with Crippen LogP contribution in [-0.2, 0) is 11.2 Å². The van der Waals surface area contributed by atoms with Crippen molar-refractivity contribution in [2.24, 2.45) is 0 Å². The monoisotopic (exact) mass is 241 g/mol. The number of piperidine rings is 1. The van der Waals surface area contributed by atoms with Crippen LogP contribution in [0.5, 0.6) is 0 Å². The molecule has 3 aliphatic heterocycles. The van der Waals surface area contributed by atoms with Crippen molar-refractivity contribution in [1.82, 2.24) is 4.90 Å². The molecule has 4 rings (SSSR count). The Morgan fingerprint density at radius 1 is 1.17 bits per heavy atom. The van der Waals surface area contributed by atoms with Gasteiger partial charge in [-0.25, -0.2) is 0 Å². The maximum atomic E-state index is 11.7. The van der Waals surface area contributed by atoms with Crippen LogP contribution in [0.25, 0.3) is 0 Å². The first-order chi connectivity index (χ1) is 8.77. The predicted octanol–water partition coefficient (Wildman–Crippen LogP) is 2.57. The number of Topliss-reactive ketones (excluding diaryl/α,β-unsaturated/α-hetero) is 1. The normalized spacial score (nSPS) is 38.3. The van der Waals surface area contributed by atoms with Crippen LogP contribution in [0.15, 0.2) is 30.3 Å². The number of nitrogens with zero attached hydrogens (tertiary/aromatic N) is 1. The van der Waals surface area contributed by atoms with Gasteiger partial charge in [-0.15, -0.1) is 0 Å². The minimum Gasteiger partial charge on any atom is -0.300 e. The molecular formula is C16H19NO. The zero-order chi connectivity index (χ0) is 12.2. The summed E-state index contributed by atoms with van der Waals surface area (Å²) >= 11 is 0. The quantitative estimate of drug-likeness (QED) is 0.793. The van der Waals surface area contributed by atoms with Crippen molar-refractivity contribution in [1.29, 1.82) is 0 Å². The lowest BCUT2D eigenvalue weighted by Crippen LogP contribution is -2.68. The lowest BCUT2D eigenvalue weighted by molar-refractivity contribution is -0.138. The molecule has 0 amide bonds. The Labute approximate surface area is 108 Å². The Balaban J connectivity index is 1.58. The molecule has 0 radical (unpaired) electrons. The first kappa shape index (κ1) is 10.7. The zero-order valence-corrected chi connectivity index (χ0v) is 10.6. The second-order valence-electron chi connectivity index (χ2n) is 6.29. The van der Waals surface area contributed by atoms with Gasteiger partial charge in [0.1, 0.15) is 5.78 Å². The molecule has 3 saturated heterocycles. The molecule has 0 N–H and O–H groups in total. The van der Waals surface area contributed by atoms with Crippen molar-refractivity contribution in [3.05, 3.63) is 35.9 Å². The number of carbonyl (C=O) groups is 1. The Morgan fingerprint density at radius 2 is 1.94 bits per heavy atom. The molecule has 1 aromatic carbocycles. The first-order valence-corrected chi connectivity index (χ1v) is 7.11. The van der Waals surface area contributed by atoms with Gasteiger partial charge < -0.3 is 0 Å². The summed E-state index contributed by atoms with van der Waals surface area (Å²) in [6.07, 6.45) is 6.56. The van der Waals surface area contributed by atoms with Crippen LogP contribution in [0.4, 0.5) is 0 Å². The van der Waals surface area contributed by atoms with Crippen molar-refractivity contribution in [2.45, 2.75) is 56.1 Å². The molecule has 0 bridgehead atoms. The number of hydrogen-bond acceptors (Lipinski definition) is 2. The fourth-order valence-corrected chi connectivity index (χ4v) is 4.62. The van der Waals surface area contributed by atoms with E-state index in [4.69, 9.17) is 0 Å². The number of rotatable bonds is 2. The van der Waals surface area contributed by atoms with E-state index in [-0.39, 0.29) is 0 Å². The van der Waals surface area contributed by atoms with E-state index in [1.807, 2.05) is 0 Å². The van der Waals surface area contributed by atoms with E-state index >= 15 is 0 Å². The molecule has 1 aromatic rings. The minimum absolute atomic E-state index is 0.400. The summed E-state index contributed by atoms with van der Waals surface area (Å²) in [4.78, 5) is 14.4. The third-order valence-corrected chi connectivity index (χ3v) is 5.20. The molecule has 0 saturated carbocycles. The smallest absolute Gasteiger partial charge is 0.136 e. The van der Waals surface area contributed by atoms with E-state index in [9.17, 15) is 4.79 Å². The molecule has 3 unspecified atom stereocenters. The van der Waals surface area contributed by atoms with Crippen LogP contribution in [0.3, 0.4) is 0 Å². The molecule has 0 aromatic heterocycles. The maximum Gasteiger partial charge on any atom is 0.136 e. The van der Waals surface area contributed by atoms with Gasteiger partial charge >= 0.3 is 0 Å². The first-order valence-electron chi connectivity index (χ1n) is 7.11. The van der Waals surface area contributed by atoms with Crippen molar-refractivity contribution < 1.29 is 4.79 Å². The highest BCUT2D eigenvalue weighted by molar-refractivity contribution is 5.81. The summed E-state index contributed by atoms with van der Waals surface area (Å²) in [6.45, 7) is 0. The molecule has 2 heteroatoms. The Kier molecular flexibility index (Phi) is 2.19. The third-order valence-electron chi connectivity index (χ3n) is 5.20. The summed E-state index contributed by atoms with van der Waals surface area (Å²) < 4.78 is 0. The molecule has 3 atom stereocenters. The van der Waals surface area contributed by atoms with Gasteiger partial charge in [0.25, 0.3) is 0 Å². The van der Waals surface area contributed by atoms with Gasteiger partial charge in [-0.05, 0) is 31.2 Å². The molecule has 0 spiro atoms. The maximum absolute atomic E-state index is 11.7. The summed E-state index contributed by atoms with van der Waals surface area (Å²) in [5.74, 6) is 0.497. The summed E-state index contributed by atoms with van der Waals surface area (Å²) in [6, 6.07) is 12.0. The Morgan fingerprint density at radius 3 is 2.78 bits per heavy atom. The van der Waals surface area contributed by atoms with Crippen LogP contribution < -0.4 is 0 Å². The van der Waals surface area contributed by atoms with Crippen molar-refractivity contribution in [3.63, 3.8) is 0 Å². The lowest BCUT2D eigenvalue weighted by Gasteiger charge is -2.59. The molecule has 3 fully saturated rings. The molecular weight excluding hydrogens is 222 g/mol. The highest BCUT2D eigenvalue weighted by Crippen LogP contribution is 2.53. The van der Waals surface area contributed by atoms with Crippen molar-refractivity contribution >= 4 is 5.78 Å². The molecule has 3 heterocycles. The van der Waals surface area contributed by atoms with E-state index in [1.54, 1.807) is 0 Å². The van der Waals surface area contributed by atoms with Crippen LogP contribution >= 0.6 is 0 Å². The van der Waals surface area contributed by atoms with Gasteiger partial charge in [-0.2, -0.15) is 0 Å². The number of benzene rings is 1. The van der Waals surface area contributed by atoms with Crippen LogP contribution in [-0.4, -0.2) is 28.3 Å². The standard InChI is InChI=1S/C16H19NO/c18-15-8-13-6-7-16(11-14(9-15)17(13)16)10-12-4-2-1-3-5-12/h1-5,13-14H,6-11H2. The Hall–Kier alpha value is -1.15. The summed E-state index contributed by atoms with van der Waals surface area (Å²) in [5.41, 5.74) is 1.85. The predicted molar refractivity (Wildman–Crippen MR) is 70.4 cm³/mol. The summed E-state index contributed by atoms with van der Waals surface area (Å²) in [5, 5.41) is 0. The van der Waals surface area contributed by atoms with Gasteiger partial charge in [0, 0.05) is 30.5 Å². The van der Waals surface area contributed by atoms with Gasteiger partial charge in [0.2, 0.25) is 0 Å².